The first-order chi connectivity index (χ1) is 37.6. The number of hydrogen-bond donors (Lipinski definition) is 0. The Morgan fingerprint density at radius 3 is 0.605 bits per heavy atom. The summed E-state index contributed by atoms with van der Waals surface area (Å²) in [6, 6.07) is 92.9. The highest BCUT2D eigenvalue weighted by Gasteiger charge is 2.16. The predicted octanol–water partition coefficient (Wildman–Crippen LogP) is 18.6. The minimum Gasteiger partial charge on any atom is -0.436 e. The Kier molecular flexibility index (Phi) is 11.1. The predicted molar refractivity (Wildman–Crippen MR) is 309 cm³/mol. The Bertz CT molecular complexity index is 4020. The average Bonchev–Trinajstić information content (AvgIpc) is 4.17. The summed E-state index contributed by atoms with van der Waals surface area (Å²) < 4.78 is 12.0. The molecule has 0 aliphatic rings. The quantitative estimate of drug-likeness (QED) is 0.136. The van der Waals surface area contributed by atoms with Crippen molar-refractivity contribution in [3.8, 4) is 112 Å². The molecule has 3 aromatic heterocycles. The van der Waals surface area contributed by atoms with E-state index in [0.29, 0.717) is 11.8 Å². The normalized spacial score (nSPS) is 11.4. The second kappa shape index (κ2) is 19.0. The van der Waals surface area contributed by atoms with E-state index >= 15 is 0 Å². The Morgan fingerprint density at radius 2 is 0.368 bits per heavy atom. The molecule has 0 saturated carbocycles. The number of rotatable bonds is 10. The molecule has 0 aliphatic carbocycles. The molecule has 0 spiro atoms. The van der Waals surface area contributed by atoms with E-state index in [1.54, 1.807) is 0 Å². The molecule has 0 amide bonds. The van der Waals surface area contributed by atoms with Crippen molar-refractivity contribution in [3.05, 3.63) is 267 Å². The molecular weight excluding hydrogens is 929 g/mol. The van der Waals surface area contributed by atoms with Crippen molar-refractivity contribution < 1.29 is 8.83 Å². The van der Waals surface area contributed by atoms with Crippen LogP contribution in [0.3, 0.4) is 0 Å². The minimum absolute atomic E-state index is 0.631. The minimum atomic E-state index is 0.631. The average molecular weight is 973 g/mol. The summed E-state index contributed by atoms with van der Waals surface area (Å²) in [5.41, 5.74) is 24.5. The molecule has 0 atom stereocenters. The van der Waals surface area contributed by atoms with Crippen LogP contribution in [0.2, 0.25) is 0 Å². The fourth-order valence-electron chi connectivity index (χ4n) is 10.1. The van der Waals surface area contributed by atoms with E-state index in [1.165, 1.54) is 0 Å². The van der Waals surface area contributed by atoms with Crippen LogP contribution in [0, 0.1) is 0 Å². The van der Waals surface area contributed by atoms with Gasteiger partial charge in [-0.25, -0.2) is 19.9 Å². The number of aromatic nitrogens is 4. The van der Waals surface area contributed by atoms with Gasteiger partial charge in [-0.05, 0) is 127 Å². The number of hydrogen-bond acceptors (Lipinski definition) is 6. The van der Waals surface area contributed by atoms with Crippen LogP contribution in [0.25, 0.3) is 145 Å². The summed E-state index contributed by atoms with van der Waals surface area (Å²) in [6.07, 6.45) is 0. The van der Waals surface area contributed by atoms with Gasteiger partial charge in [-0.3, -0.25) is 0 Å². The Morgan fingerprint density at radius 1 is 0.171 bits per heavy atom. The summed E-state index contributed by atoms with van der Waals surface area (Å²) in [6.45, 7) is 0. The Labute approximate surface area is 439 Å². The van der Waals surface area contributed by atoms with Gasteiger partial charge in [0.2, 0.25) is 11.8 Å². The molecule has 14 rings (SSSR count). The molecule has 0 saturated heterocycles. The van der Waals surface area contributed by atoms with E-state index in [4.69, 9.17) is 18.8 Å². The van der Waals surface area contributed by atoms with E-state index in [0.717, 1.165) is 134 Å². The van der Waals surface area contributed by atoms with Crippen molar-refractivity contribution in [1.29, 1.82) is 0 Å². The third-order valence-electron chi connectivity index (χ3n) is 14.3. The summed E-state index contributed by atoms with van der Waals surface area (Å²) in [4.78, 5) is 19.7. The standard InChI is InChI=1S/C70H44N4O2/c1-2-8-62-61(7-1)71-67(57-37-29-53(30-38-57)49-21-13-45(14-22-49)47-17-25-51(26-18-47)55-33-41-59(42-34-55)69-73-63-9-3-5-11-65(63)75-69)68(72-62)58-39-31-54(32-40-58)50-23-15-46(16-24-50)48-19-27-52(28-20-48)56-35-43-60(44-36-56)70-74-64-10-4-6-12-66(64)76-70/h1-44H. The molecule has 0 N–H and O–H groups in total. The largest absolute Gasteiger partial charge is 0.436 e. The lowest BCUT2D eigenvalue weighted by atomic mass is 9.96. The van der Waals surface area contributed by atoms with Crippen molar-refractivity contribution in [3.63, 3.8) is 0 Å². The number of para-hydroxylation sites is 6. The molecule has 0 bridgehead atoms. The highest BCUT2D eigenvalue weighted by Crippen LogP contribution is 2.36. The van der Waals surface area contributed by atoms with Crippen LogP contribution in [0.15, 0.2) is 276 Å². The van der Waals surface area contributed by atoms with Crippen molar-refractivity contribution >= 4 is 33.2 Å². The van der Waals surface area contributed by atoms with E-state index in [9.17, 15) is 0 Å². The highest BCUT2D eigenvalue weighted by molar-refractivity contribution is 5.88. The molecule has 6 heteroatoms. The smallest absolute Gasteiger partial charge is 0.227 e. The SMILES string of the molecule is c1ccc2nc(-c3ccc(-c4ccc(-c5ccc(-c6ccc(-c7nc8ccccc8o7)cc6)cc5)cc4)cc3)c(-c3ccc(-c4ccc(-c5ccc(-c6ccc(-c7nc8ccccc8o7)cc6)cc5)cc4)cc3)nc2c1. The fourth-order valence-corrected chi connectivity index (χ4v) is 10.1. The topological polar surface area (TPSA) is 77.8 Å². The fraction of sp³-hybridized carbons (Fsp3) is 0. The summed E-state index contributed by atoms with van der Waals surface area (Å²) in [5, 5.41) is 0. The summed E-state index contributed by atoms with van der Waals surface area (Å²) >= 11 is 0. The maximum absolute atomic E-state index is 5.98. The van der Waals surface area contributed by atoms with Crippen molar-refractivity contribution in [2.75, 3.05) is 0 Å². The van der Waals surface area contributed by atoms with Crippen LogP contribution in [0.5, 0.6) is 0 Å². The second-order valence-electron chi connectivity index (χ2n) is 19.0. The van der Waals surface area contributed by atoms with Gasteiger partial charge in [0, 0.05) is 22.3 Å². The lowest BCUT2D eigenvalue weighted by Gasteiger charge is -2.12. The van der Waals surface area contributed by atoms with Crippen molar-refractivity contribution in [2.45, 2.75) is 0 Å². The molecule has 356 valence electrons. The van der Waals surface area contributed by atoms with E-state index in [1.807, 2.05) is 72.8 Å². The number of fused-ring (bicyclic) bond motifs is 3. The van der Waals surface area contributed by atoms with Crippen LogP contribution in [0.4, 0.5) is 0 Å². The van der Waals surface area contributed by atoms with E-state index in [-0.39, 0.29) is 0 Å². The van der Waals surface area contributed by atoms with Crippen LogP contribution in [0.1, 0.15) is 0 Å². The molecule has 3 heterocycles. The highest BCUT2D eigenvalue weighted by atomic mass is 16.4. The number of benzene rings is 11. The Hall–Kier alpha value is -10.3. The first-order valence-electron chi connectivity index (χ1n) is 25.4. The lowest BCUT2D eigenvalue weighted by Crippen LogP contribution is -1.95. The zero-order chi connectivity index (χ0) is 50.4. The molecule has 0 unspecified atom stereocenters. The molecule has 76 heavy (non-hydrogen) atoms. The maximum Gasteiger partial charge on any atom is 0.227 e. The second-order valence-corrected chi connectivity index (χ2v) is 19.0. The van der Waals surface area contributed by atoms with Gasteiger partial charge in [0.15, 0.2) is 11.2 Å². The van der Waals surface area contributed by atoms with Gasteiger partial charge in [-0.15, -0.1) is 0 Å². The van der Waals surface area contributed by atoms with E-state index in [2.05, 4.69) is 204 Å². The van der Waals surface area contributed by atoms with Gasteiger partial charge < -0.3 is 8.83 Å². The third kappa shape index (κ3) is 8.59. The van der Waals surface area contributed by atoms with E-state index < -0.39 is 0 Å². The first kappa shape index (κ1) is 44.4. The summed E-state index contributed by atoms with van der Waals surface area (Å²) in [5.74, 6) is 1.26. The molecule has 6 nitrogen and oxygen atoms in total. The zero-order valence-electron chi connectivity index (χ0n) is 41.0. The van der Waals surface area contributed by atoms with Crippen LogP contribution < -0.4 is 0 Å². The van der Waals surface area contributed by atoms with Gasteiger partial charge in [0.1, 0.15) is 11.0 Å². The monoisotopic (exact) mass is 972 g/mol. The molecule has 0 fully saturated rings. The van der Waals surface area contributed by atoms with Gasteiger partial charge in [0.25, 0.3) is 0 Å². The van der Waals surface area contributed by atoms with Crippen LogP contribution in [-0.2, 0) is 0 Å². The lowest BCUT2D eigenvalue weighted by molar-refractivity contribution is 0.619. The van der Waals surface area contributed by atoms with Gasteiger partial charge in [0.05, 0.1) is 22.4 Å². The van der Waals surface area contributed by atoms with Gasteiger partial charge in [-0.1, -0.05) is 206 Å². The molecule has 11 aromatic carbocycles. The van der Waals surface area contributed by atoms with Crippen molar-refractivity contribution in [1.82, 2.24) is 19.9 Å². The van der Waals surface area contributed by atoms with Crippen LogP contribution >= 0.6 is 0 Å². The van der Waals surface area contributed by atoms with Gasteiger partial charge >= 0.3 is 0 Å². The van der Waals surface area contributed by atoms with Crippen LogP contribution in [-0.4, -0.2) is 19.9 Å². The zero-order valence-corrected chi connectivity index (χ0v) is 41.0. The first-order valence-corrected chi connectivity index (χ1v) is 25.4. The van der Waals surface area contributed by atoms with Crippen molar-refractivity contribution in [2.24, 2.45) is 0 Å². The molecular formula is C70H44N4O2. The van der Waals surface area contributed by atoms with Gasteiger partial charge in [-0.2, -0.15) is 0 Å². The maximum atomic E-state index is 5.98. The molecule has 0 aliphatic heterocycles. The summed E-state index contributed by atoms with van der Waals surface area (Å²) in [7, 11) is 0. The molecule has 14 aromatic rings. The Balaban J connectivity index is 0.653. The third-order valence-corrected chi connectivity index (χ3v) is 14.3. The number of nitrogens with zero attached hydrogens (tertiary/aromatic N) is 4. The molecule has 0 radical (unpaired) electrons. The number of oxazole rings is 2.